The molecule has 1 aliphatic rings. The Labute approximate surface area is 225 Å². The molecule has 3 unspecified atom stereocenters. The van der Waals surface area contributed by atoms with Gasteiger partial charge in [-0.2, -0.15) is 0 Å². The summed E-state index contributed by atoms with van der Waals surface area (Å²) < 4.78 is 35.6. The van der Waals surface area contributed by atoms with E-state index in [0.717, 1.165) is 12.8 Å². The lowest BCUT2D eigenvalue weighted by Gasteiger charge is -2.14. The van der Waals surface area contributed by atoms with Crippen molar-refractivity contribution in [3.05, 3.63) is 30.6 Å². The van der Waals surface area contributed by atoms with Crippen molar-refractivity contribution in [1.29, 1.82) is 0 Å². The Bertz CT molecular complexity index is 694. The lowest BCUT2D eigenvalue weighted by atomic mass is 10.0. The monoisotopic (exact) mass is 545 g/mol. The molecular formula is C28H52NO7P. The highest BCUT2D eigenvalue weighted by Crippen LogP contribution is 2.43. The maximum absolute atomic E-state index is 12.1. The zero-order chi connectivity index (χ0) is 25.7. The average Bonchev–Trinajstić information content (AvgIpc) is 3.34. The zero-order valence-corrected chi connectivity index (χ0v) is 23.9. The fraction of sp³-hybridized carbons (Fsp3) is 0.821. The molecule has 0 saturated carbocycles. The molecule has 3 atom stereocenters. The van der Waals surface area contributed by atoms with Gasteiger partial charge in [0.15, 0.2) is 25.2 Å². The average molecular weight is 546 g/mol. The van der Waals surface area contributed by atoms with Crippen molar-refractivity contribution < 1.29 is 38.0 Å². The summed E-state index contributed by atoms with van der Waals surface area (Å²) in [5.41, 5.74) is 0. The standard InChI is InChI=1S/C28H50NO6P.H2O/c1-2-3-4-5-6-7-8-9-10-11-12-13-14-15-17-20-28-32-25-27(35-28)26-34-36(30,31)33-24-23-29-21-18-16-19-22-29;/h16,18-19,21-22,27-28H,2-15,17,20,23-26H2,1H3;1H2. The summed E-state index contributed by atoms with van der Waals surface area (Å²) in [6.45, 7) is 3.20. The van der Waals surface area contributed by atoms with E-state index in [0.29, 0.717) is 13.2 Å². The van der Waals surface area contributed by atoms with Crippen molar-refractivity contribution in [2.75, 3.05) is 19.8 Å². The van der Waals surface area contributed by atoms with Gasteiger partial charge in [-0.15, -0.1) is 0 Å². The van der Waals surface area contributed by atoms with E-state index in [1.54, 1.807) is 0 Å². The second kappa shape index (κ2) is 22.0. The van der Waals surface area contributed by atoms with Crippen molar-refractivity contribution in [3.63, 3.8) is 0 Å². The van der Waals surface area contributed by atoms with E-state index in [2.05, 4.69) is 6.92 Å². The number of pyridine rings is 1. The van der Waals surface area contributed by atoms with Crippen molar-refractivity contribution in [3.8, 4) is 0 Å². The number of hydrogen-bond acceptors (Lipinski definition) is 6. The fourth-order valence-electron chi connectivity index (χ4n) is 4.49. The normalized spacial score (nSPS) is 19.0. The van der Waals surface area contributed by atoms with E-state index < -0.39 is 7.82 Å². The topological polar surface area (TPSA) is 108 Å². The minimum absolute atomic E-state index is 0. The van der Waals surface area contributed by atoms with Crippen LogP contribution in [0, 0.1) is 0 Å². The number of ether oxygens (including phenoxy) is 2. The van der Waals surface area contributed by atoms with E-state index in [1.807, 2.05) is 35.2 Å². The van der Waals surface area contributed by atoms with Crippen LogP contribution in [0.25, 0.3) is 0 Å². The quantitative estimate of drug-likeness (QED) is 0.0902. The molecule has 1 aliphatic heterocycles. The van der Waals surface area contributed by atoms with E-state index in [-0.39, 0.29) is 31.1 Å². The second-order valence-electron chi connectivity index (χ2n) is 9.97. The van der Waals surface area contributed by atoms with Gasteiger partial charge in [0, 0.05) is 12.1 Å². The summed E-state index contributed by atoms with van der Waals surface area (Å²) >= 11 is 0. The molecule has 37 heavy (non-hydrogen) atoms. The molecule has 216 valence electrons. The van der Waals surface area contributed by atoms with Crippen LogP contribution in [0.5, 0.6) is 0 Å². The van der Waals surface area contributed by atoms with E-state index in [9.17, 15) is 9.46 Å². The molecule has 2 rings (SSSR count). The number of aromatic nitrogens is 1. The van der Waals surface area contributed by atoms with Gasteiger partial charge < -0.3 is 19.8 Å². The smallest absolute Gasteiger partial charge is 0.472 e. The Kier molecular flexibility index (Phi) is 20.3. The summed E-state index contributed by atoms with van der Waals surface area (Å²) in [5, 5.41) is 0. The lowest BCUT2D eigenvalue weighted by Crippen LogP contribution is -2.34. The van der Waals surface area contributed by atoms with Crippen LogP contribution in [-0.4, -0.2) is 42.6 Å². The Morgan fingerprint density at radius 3 is 1.95 bits per heavy atom. The summed E-state index contributed by atoms with van der Waals surface area (Å²) in [7, 11) is -4.10. The largest absolute Gasteiger partial charge is 0.870 e. The number of phosphoric acid groups is 1. The van der Waals surface area contributed by atoms with Crippen molar-refractivity contribution >= 4 is 7.82 Å². The molecule has 0 aromatic carbocycles. The van der Waals surface area contributed by atoms with Crippen LogP contribution < -0.4 is 4.57 Å². The Balaban J connectivity index is 0.00000684. The van der Waals surface area contributed by atoms with Crippen LogP contribution in [0.4, 0.5) is 0 Å². The van der Waals surface area contributed by atoms with Gasteiger partial charge in [-0.25, -0.2) is 9.13 Å². The predicted octanol–water partition coefficient (Wildman–Crippen LogP) is 6.93. The molecule has 0 spiro atoms. The third-order valence-electron chi connectivity index (χ3n) is 6.66. The van der Waals surface area contributed by atoms with Gasteiger partial charge in [0.2, 0.25) is 0 Å². The van der Waals surface area contributed by atoms with E-state index in [1.165, 1.54) is 89.9 Å². The molecule has 1 fully saturated rings. The lowest BCUT2D eigenvalue weighted by molar-refractivity contribution is -0.697. The maximum atomic E-state index is 12.1. The molecule has 1 aromatic rings. The van der Waals surface area contributed by atoms with Gasteiger partial charge in [0.25, 0.3) is 0 Å². The number of rotatable bonds is 23. The Morgan fingerprint density at radius 1 is 0.838 bits per heavy atom. The Morgan fingerprint density at radius 2 is 1.38 bits per heavy atom. The fourth-order valence-corrected chi connectivity index (χ4v) is 5.23. The first-order valence-electron chi connectivity index (χ1n) is 14.4. The van der Waals surface area contributed by atoms with Gasteiger partial charge in [-0.1, -0.05) is 103 Å². The molecule has 0 aliphatic carbocycles. The molecular weight excluding hydrogens is 493 g/mol. The molecule has 0 radical (unpaired) electrons. The summed E-state index contributed by atoms with van der Waals surface area (Å²) in [5.74, 6) is 0. The molecule has 8 nitrogen and oxygen atoms in total. The van der Waals surface area contributed by atoms with Crippen LogP contribution in [-0.2, 0) is 29.6 Å². The molecule has 1 aromatic heterocycles. The van der Waals surface area contributed by atoms with Gasteiger partial charge in [-0.05, 0) is 12.8 Å². The van der Waals surface area contributed by atoms with E-state index >= 15 is 0 Å². The maximum Gasteiger partial charge on any atom is 0.472 e. The second-order valence-corrected chi connectivity index (χ2v) is 11.4. The molecule has 0 amide bonds. The number of unbranched alkanes of at least 4 members (excludes halogenated alkanes) is 14. The summed E-state index contributed by atoms with van der Waals surface area (Å²) in [4.78, 5) is 9.88. The highest BCUT2D eigenvalue weighted by Gasteiger charge is 2.30. The first-order valence-corrected chi connectivity index (χ1v) is 15.9. The zero-order valence-electron chi connectivity index (χ0n) is 23.0. The summed E-state index contributed by atoms with van der Waals surface area (Å²) in [6.07, 6.45) is 24.2. The minimum atomic E-state index is -4.10. The highest BCUT2D eigenvalue weighted by molar-refractivity contribution is 7.47. The van der Waals surface area contributed by atoms with Crippen molar-refractivity contribution in [2.45, 2.75) is 129 Å². The van der Waals surface area contributed by atoms with Crippen LogP contribution in [0.2, 0.25) is 0 Å². The molecule has 1 saturated heterocycles. The first-order chi connectivity index (χ1) is 17.6. The number of hydrogen-bond donors (Lipinski definition) is 1. The first kappa shape index (κ1) is 34.2. The molecule has 2 N–H and O–H groups in total. The van der Waals surface area contributed by atoms with Gasteiger partial charge in [-0.3, -0.25) is 9.05 Å². The van der Waals surface area contributed by atoms with Crippen LogP contribution in [0.1, 0.15) is 110 Å². The third kappa shape index (κ3) is 18.1. The minimum Gasteiger partial charge on any atom is -0.870 e. The van der Waals surface area contributed by atoms with E-state index in [4.69, 9.17) is 18.5 Å². The van der Waals surface area contributed by atoms with Crippen molar-refractivity contribution in [1.82, 2.24) is 0 Å². The van der Waals surface area contributed by atoms with Gasteiger partial charge in [0.1, 0.15) is 12.7 Å². The molecule has 2 heterocycles. The highest BCUT2D eigenvalue weighted by atomic mass is 31.2. The predicted molar refractivity (Wildman–Crippen MR) is 144 cm³/mol. The SMILES string of the molecule is CCCCCCCCCCCCCCCCCC1OCC(COP(=O)(O)OCC[n+]2ccccc2)O1.[OH-]. The molecule has 9 heteroatoms. The van der Waals surface area contributed by atoms with Crippen LogP contribution >= 0.6 is 7.82 Å². The number of nitrogens with zero attached hydrogens (tertiary/aromatic N) is 1. The van der Waals surface area contributed by atoms with Crippen LogP contribution in [0.15, 0.2) is 30.6 Å². The summed E-state index contributed by atoms with van der Waals surface area (Å²) in [6, 6.07) is 5.69. The third-order valence-corrected chi connectivity index (χ3v) is 7.64. The molecule has 0 bridgehead atoms. The Hall–Kier alpha value is -0.860. The van der Waals surface area contributed by atoms with Gasteiger partial charge >= 0.3 is 7.82 Å². The van der Waals surface area contributed by atoms with Crippen LogP contribution in [0.3, 0.4) is 0 Å². The van der Waals surface area contributed by atoms with Crippen molar-refractivity contribution in [2.24, 2.45) is 0 Å². The van der Waals surface area contributed by atoms with Gasteiger partial charge in [0.05, 0.1) is 13.2 Å². The number of phosphoric ester groups is 1.